The summed E-state index contributed by atoms with van der Waals surface area (Å²) in [5.74, 6) is -0.638. The minimum atomic E-state index is -1.40. The highest BCUT2D eigenvalue weighted by molar-refractivity contribution is 5.99. The Labute approximate surface area is 266 Å². The van der Waals surface area contributed by atoms with E-state index in [1.54, 1.807) is 10.5 Å². The molecule has 0 radical (unpaired) electrons. The van der Waals surface area contributed by atoms with Gasteiger partial charge in [0.15, 0.2) is 0 Å². The molecule has 8 rings (SSSR count). The Bertz CT molecular complexity index is 1530. The number of nitrogens with one attached hydrogen (secondary N) is 2. The zero-order valence-electron chi connectivity index (χ0n) is 26.0. The number of hydrogen-bond donors (Lipinski definition) is 4. The number of anilines is 1. The first-order chi connectivity index (χ1) is 22.2. The Morgan fingerprint density at radius 2 is 1.83 bits per heavy atom. The van der Waals surface area contributed by atoms with Crippen LogP contribution >= 0.6 is 0 Å². The molecular formula is C33H40N4O9. The SMILES string of the molecule is CO.CO.C[C@H](NC(=O)c1ccc([N+](=O)[O-])cc1)C(=O)[O-].O=C1C[C@@H]2OCC=C3C[NH+]4CC[C@]56c7ccccc7N1[C@H]5[C@H]2[C@H]3C[C@H]46. The van der Waals surface area contributed by atoms with Gasteiger partial charge in [0.1, 0.15) is 6.04 Å². The molecule has 246 valence electrons. The number of nitrogens with zero attached hydrogens (tertiary/aromatic N) is 2. The fraction of sp³-hybridized carbons (Fsp3) is 0.485. The van der Waals surface area contributed by atoms with Gasteiger partial charge in [-0.2, -0.15) is 0 Å². The van der Waals surface area contributed by atoms with Crippen molar-refractivity contribution in [1.29, 1.82) is 0 Å². The average Bonchev–Trinajstić information content (AvgIpc) is 3.55. The van der Waals surface area contributed by atoms with Crippen molar-refractivity contribution >= 4 is 29.2 Å². The predicted octanol–water partition coefficient (Wildman–Crippen LogP) is -0.645. The van der Waals surface area contributed by atoms with Crippen LogP contribution < -0.4 is 20.2 Å². The quantitative estimate of drug-likeness (QED) is 0.192. The molecule has 5 aliphatic heterocycles. The van der Waals surface area contributed by atoms with Crippen molar-refractivity contribution in [1.82, 2.24) is 5.32 Å². The van der Waals surface area contributed by atoms with Gasteiger partial charge in [-0.1, -0.05) is 24.3 Å². The van der Waals surface area contributed by atoms with Crippen molar-refractivity contribution in [3.63, 3.8) is 0 Å². The number of aliphatic hydroxyl groups excluding tert-OH is 2. The number of benzene rings is 2. The second kappa shape index (κ2) is 13.3. The number of aliphatic hydroxyl groups is 2. The Morgan fingerprint density at radius 1 is 1.13 bits per heavy atom. The first kappa shape index (κ1) is 33.2. The molecule has 0 aromatic heterocycles. The molecule has 46 heavy (non-hydrogen) atoms. The molecule has 2 aromatic rings. The number of carbonyl (C=O) groups excluding carboxylic acids is 3. The number of carbonyl (C=O) groups is 3. The summed E-state index contributed by atoms with van der Waals surface area (Å²) in [6.07, 6.45) is 5.54. The third kappa shape index (κ3) is 5.26. The van der Waals surface area contributed by atoms with Crippen LogP contribution in [-0.2, 0) is 19.7 Å². The lowest BCUT2D eigenvalue weighted by molar-refractivity contribution is -0.916. The van der Waals surface area contributed by atoms with Crippen molar-refractivity contribution < 1.29 is 44.3 Å². The van der Waals surface area contributed by atoms with Crippen molar-refractivity contribution in [3.05, 3.63) is 81.4 Å². The Balaban J connectivity index is 0.000000176. The van der Waals surface area contributed by atoms with Gasteiger partial charge in [-0.3, -0.25) is 19.7 Å². The number of rotatable bonds is 4. The summed E-state index contributed by atoms with van der Waals surface area (Å²) in [6, 6.07) is 13.5. The number of nitro groups is 1. The molecule has 1 aliphatic carbocycles. The van der Waals surface area contributed by atoms with Gasteiger partial charge in [-0.15, -0.1) is 0 Å². The van der Waals surface area contributed by atoms with Crippen LogP contribution in [-0.4, -0.2) is 91.1 Å². The van der Waals surface area contributed by atoms with E-state index in [2.05, 4.69) is 40.6 Å². The Hall–Kier alpha value is -4.17. The maximum atomic E-state index is 13.2. The van der Waals surface area contributed by atoms with E-state index < -0.39 is 22.8 Å². The summed E-state index contributed by atoms with van der Waals surface area (Å²) in [5.41, 5.74) is 4.46. The summed E-state index contributed by atoms with van der Waals surface area (Å²) in [7, 11) is 2.00. The van der Waals surface area contributed by atoms with E-state index in [4.69, 9.17) is 14.9 Å². The summed E-state index contributed by atoms with van der Waals surface area (Å²) in [6.45, 7) is 4.41. The van der Waals surface area contributed by atoms with Gasteiger partial charge in [0.25, 0.3) is 11.6 Å². The van der Waals surface area contributed by atoms with Crippen molar-refractivity contribution in [2.75, 3.05) is 38.8 Å². The molecule has 2 aromatic carbocycles. The lowest BCUT2D eigenvalue weighted by Crippen LogP contribution is -3.16. The number of ether oxygens (including phenoxy) is 1. The molecule has 4 N–H and O–H groups in total. The summed E-state index contributed by atoms with van der Waals surface area (Å²) >= 11 is 0. The first-order valence-corrected chi connectivity index (χ1v) is 15.4. The molecule has 2 bridgehead atoms. The number of carboxylic acids is 1. The fourth-order valence-electron chi connectivity index (χ4n) is 8.80. The molecular weight excluding hydrogens is 596 g/mol. The van der Waals surface area contributed by atoms with Gasteiger partial charge in [-0.25, -0.2) is 0 Å². The van der Waals surface area contributed by atoms with Gasteiger partial charge in [0, 0.05) is 56.4 Å². The minimum Gasteiger partial charge on any atom is -0.548 e. The molecule has 2 amide bonds. The highest BCUT2D eigenvalue weighted by Gasteiger charge is 2.73. The van der Waals surface area contributed by atoms with Crippen LogP contribution in [0.15, 0.2) is 60.2 Å². The van der Waals surface area contributed by atoms with Crippen LogP contribution in [0, 0.1) is 22.0 Å². The maximum Gasteiger partial charge on any atom is 0.269 e. The lowest BCUT2D eigenvalue weighted by atomic mass is 9.53. The monoisotopic (exact) mass is 636 g/mol. The second-order valence-corrected chi connectivity index (χ2v) is 12.2. The Morgan fingerprint density at radius 3 is 2.50 bits per heavy atom. The summed E-state index contributed by atoms with van der Waals surface area (Å²) in [4.78, 5) is 48.8. The number of para-hydroxylation sites is 1. The van der Waals surface area contributed by atoms with Crippen LogP contribution in [0.5, 0.6) is 0 Å². The normalized spacial score (nSPS) is 30.7. The minimum absolute atomic E-state index is 0.113. The van der Waals surface area contributed by atoms with E-state index in [9.17, 15) is 29.6 Å². The van der Waals surface area contributed by atoms with Gasteiger partial charge >= 0.3 is 0 Å². The molecule has 4 fully saturated rings. The second-order valence-electron chi connectivity index (χ2n) is 12.2. The lowest BCUT2D eigenvalue weighted by Gasteiger charge is -2.56. The number of hydrogen-bond acceptors (Lipinski definition) is 9. The number of fused-ring (bicyclic) bond motifs is 2. The van der Waals surface area contributed by atoms with Crippen LogP contribution in [0.4, 0.5) is 11.4 Å². The zero-order chi connectivity index (χ0) is 33.3. The third-order valence-corrected chi connectivity index (χ3v) is 10.4. The number of aliphatic carboxylic acids is 1. The molecule has 5 heterocycles. The number of non-ortho nitro benzene ring substituents is 1. The van der Waals surface area contributed by atoms with E-state index in [1.165, 1.54) is 68.4 Å². The number of quaternary nitrogens is 1. The van der Waals surface area contributed by atoms with E-state index in [-0.39, 0.29) is 28.7 Å². The predicted molar refractivity (Wildman–Crippen MR) is 164 cm³/mol. The number of carboxylic acid groups (broad SMARTS) is 1. The van der Waals surface area contributed by atoms with E-state index in [0.717, 1.165) is 14.2 Å². The van der Waals surface area contributed by atoms with Crippen molar-refractivity contribution in [3.8, 4) is 0 Å². The smallest absolute Gasteiger partial charge is 0.269 e. The number of nitro benzene ring substituents is 1. The average molecular weight is 637 g/mol. The van der Waals surface area contributed by atoms with E-state index in [1.807, 2.05) is 0 Å². The van der Waals surface area contributed by atoms with Crippen LogP contribution in [0.2, 0.25) is 0 Å². The molecule has 6 aliphatic rings. The molecule has 1 saturated carbocycles. The molecule has 1 spiro atoms. The summed E-state index contributed by atoms with van der Waals surface area (Å²) in [5, 5.41) is 36.9. The summed E-state index contributed by atoms with van der Waals surface area (Å²) < 4.78 is 6.26. The highest BCUT2D eigenvalue weighted by Crippen LogP contribution is 2.62. The van der Waals surface area contributed by atoms with Gasteiger partial charge in [-0.05, 0) is 42.2 Å². The van der Waals surface area contributed by atoms with Crippen molar-refractivity contribution in [2.24, 2.45) is 11.8 Å². The zero-order valence-corrected chi connectivity index (χ0v) is 26.0. The standard InChI is InChI=1S/C21H22N2O2.C10H10N2O5.2CH4O/c24-18-10-16-19-13-9-17-21(6-7-22(17)11-12(13)5-8-25-16)14-3-1-2-4-15(14)23(18)20(19)21;1-6(10(14)15)11-9(13)7-2-4-8(5-3-7)12(16)17;2*1-2/h1-5,13,16-17,19-20H,6-11H2;2-6H,1H3,(H,11,13)(H,14,15);2*2H,1H3/t13-,16-,17-,19-,20-,21+;6-;;/m00../s1. The maximum absolute atomic E-state index is 13.2. The molecule has 3 saturated heterocycles. The van der Waals surface area contributed by atoms with Crippen LogP contribution in [0.3, 0.4) is 0 Å². The molecule has 8 atom stereocenters. The van der Waals surface area contributed by atoms with E-state index >= 15 is 0 Å². The van der Waals surface area contributed by atoms with Crippen molar-refractivity contribution in [2.45, 2.75) is 55.8 Å². The molecule has 13 heteroatoms. The molecule has 13 nitrogen and oxygen atoms in total. The number of piperidine rings is 2. The topological polar surface area (TPSA) is 187 Å². The third-order valence-electron chi connectivity index (χ3n) is 10.4. The van der Waals surface area contributed by atoms with Crippen LogP contribution in [0.25, 0.3) is 0 Å². The largest absolute Gasteiger partial charge is 0.548 e. The van der Waals surface area contributed by atoms with Gasteiger partial charge < -0.3 is 40.0 Å². The van der Waals surface area contributed by atoms with Crippen LogP contribution in [0.1, 0.15) is 42.1 Å². The van der Waals surface area contributed by atoms with Gasteiger partial charge in [0.05, 0.1) is 60.6 Å². The van der Waals surface area contributed by atoms with E-state index in [0.29, 0.717) is 36.9 Å². The van der Waals surface area contributed by atoms with Gasteiger partial charge in [0.2, 0.25) is 5.91 Å². The first-order valence-electron chi connectivity index (χ1n) is 15.4. The highest BCUT2D eigenvalue weighted by atomic mass is 16.6. The fourth-order valence-corrected chi connectivity index (χ4v) is 8.80. The number of amides is 2. The molecule has 1 unspecified atom stereocenters. The Kier molecular flexibility index (Phi) is 9.59.